The van der Waals surface area contributed by atoms with Crippen LogP contribution in [-0.2, 0) is 19.7 Å². The number of carboxylic acid groups (broad SMARTS) is 1. The number of hydrogen-bond donors (Lipinski definition) is 3. The quantitative estimate of drug-likeness (QED) is 0.455. The molecule has 1 fully saturated rings. The van der Waals surface area contributed by atoms with Crippen LogP contribution in [0.1, 0.15) is 6.42 Å². The van der Waals surface area contributed by atoms with Crippen LogP contribution >= 0.6 is 0 Å². The van der Waals surface area contributed by atoms with Gasteiger partial charge in [-0.15, -0.1) is 0 Å². The summed E-state index contributed by atoms with van der Waals surface area (Å²) in [7, 11) is -3.86. The molecule has 5 N–H and O–H groups in total. The first-order valence-electron chi connectivity index (χ1n) is 6.37. The molecule has 1 heterocycles. The van der Waals surface area contributed by atoms with Crippen LogP contribution in [0.4, 0.5) is 0 Å². The molecular weight excluding hydrogens is 288 g/mol. The number of aliphatic carboxylic acids is 1. The molecule has 0 aromatic rings. The first kappa shape index (κ1) is 17.3. The molecule has 0 aromatic carbocycles. The molecule has 20 heavy (non-hydrogen) atoms. The van der Waals surface area contributed by atoms with Crippen LogP contribution in [0.2, 0.25) is 0 Å². The highest BCUT2D eigenvalue weighted by Gasteiger charge is 2.21. The van der Waals surface area contributed by atoms with Crippen molar-refractivity contribution in [2.24, 2.45) is 10.9 Å². The van der Waals surface area contributed by atoms with E-state index >= 15 is 0 Å². The number of rotatable bonds is 8. The molecule has 0 aromatic heterocycles. The number of morpholine rings is 1. The number of ether oxygens (including phenoxy) is 1. The van der Waals surface area contributed by atoms with E-state index in [2.05, 4.69) is 4.90 Å². The Hall–Kier alpha value is -0.780. The topological polar surface area (TPSA) is 139 Å². The summed E-state index contributed by atoms with van der Waals surface area (Å²) in [5, 5.41) is 13.8. The van der Waals surface area contributed by atoms with E-state index < -0.39 is 22.2 Å². The van der Waals surface area contributed by atoms with Gasteiger partial charge in [-0.05, 0) is 6.42 Å². The zero-order chi connectivity index (χ0) is 15.2. The number of nitrogens with zero attached hydrogens (tertiary/aromatic N) is 2. The highest BCUT2D eigenvalue weighted by molar-refractivity contribution is 7.86. The number of carboxylic acids is 1. The molecule has 1 aliphatic heterocycles. The number of hydrogen-bond acceptors (Lipinski definition) is 6. The van der Waals surface area contributed by atoms with Crippen molar-refractivity contribution >= 4 is 16.2 Å². The van der Waals surface area contributed by atoms with Gasteiger partial charge in [-0.1, -0.05) is 0 Å². The molecule has 1 aliphatic rings. The molecular formula is C10H22N4O5S. The zero-order valence-electron chi connectivity index (χ0n) is 11.3. The molecule has 10 heteroatoms. The summed E-state index contributed by atoms with van der Waals surface area (Å²) < 4.78 is 29.2. The lowest BCUT2D eigenvalue weighted by atomic mass is 10.2. The maximum Gasteiger partial charge on any atom is 0.320 e. The van der Waals surface area contributed by atoms with Crippen molar-refractivity contribution < 1.29 is 23.1 Å². The first-order chi connectivity index (χ1) is 9.30. The molecule has 0 bridgehead atoms. The van der Waals surface area contributed by atoms with Crippen molar-refractivity contribution in [3.05, 3.63) is 0 Å². The lowest BCUT2D eigenvalue weighted by Crippen LogP contribution is -2.46. The Morgan fingerprint density at radius 1 is 1.35 bits per heavy atom. The Labute approximate surface area is 118 Å². The minimum Gasteiger partial charge on any atom is -0.480 e. The molecule has 0 radical (unpaired) electrons. The van der Waals surface area contributed by atoms with Crippen molar-refractivity contribution in [3.8, 4) is 0 Å². The molecule has 0 spiro atoms. The van der Waals surface area contributed by atoms with E-state index in [-0.39, 0.29) is 19.5 Å². The van der Waals surface area contributed by atoms with Gasteiger partial charge in [-0.25, -0.2) is 5.14 Å². The van der Waals surface area contributed by atoms with Crippen molar-refractivity contribution in [2.75, 3.05) is 45.9 Å². The molecule has 0 saturated carbocycles. The summed E-state index contributed by atoms with van der Waals surface area (Å²) in [4.78, 5) is 12.7. The van der Waals surface area contributed by atoms with E-state index in [4.69, 9.17) is 20.7 Å². The third-order valence-electron chi connectivity index (χ3n) is 3.14. The van der Waals surface area contributed by atoms with E-state index in [1.54, 1.807) is 0 Å². The van der Waals surface area contributed by atoms with Gasteiger partial charge in [0.1, 0.15) is 6.04 Å². The predicted octanol–water partition coefficient (Wildman–Crippen LogP) is -2.37. The molecule has 0 unspecified atom stereocenters. The monoisotopic (exact) mass is 310 g/mol. The third-order valence-corrected chi connectivity index (χ3v) is 4.22. The molecule has 0 amide bonds. The highest BCUT2D eigenvalue weighted by atomic mass is 32.2. The van der Waals surface area contributed by atoms with Crippen LogP contribution in [0.5, 0.6) is 0 Å². The van der Waals surface area contributed by atoms with E-state index in [9.17, 15) is 13.2 Å². The average Bonchev–Trinajstić information content (AvgIpc) is 2.37. The number of carbonyl (C=O) groups is 1. The second-order valence-corrected chi connectivity index (χ2v) is 6.18. The largest absolute Gasteiger partial charge is 0.480 e. The standard InChI is InChI=1S/C10H22N4O5S/c11-9(10(15)16)1-2-14(20(12,17)18)4-3-13-5-7-19-8-6-13/h9H,1-8,11H2,(H,15,16)(H2,12,17,18)/t9-/m0/s1. The maximum absolute atomic E-state index is 11.5. The van der Waals surface area contributed by atoms with Gasteiger partial charge in [0, 0.05) is 32.7 Å². The Bertz CT molecular complexity index is 410. The van der Waals surface area contributed by atoms with Crippen LogP contribution in [0.25, 0.3) is 0 Å². The average molecular weight is 310 g/mol. The minimum atomic E-state index is -3.86. The SMILES string of the molecule is N[C@@H](CCN(CCN1CCOCC1)S(N)(=O)=O)C(=O)O. The van der Waals surface area contributed by atoms with Gasteiger partial charge in [-0.3, -0.25) is 9.69 Å². The van der Waals surface area contributed by atoms with Gasteiger partial charge >= 0.3 is 5.97 Å². The fourth-order valence-electron chi connectivity index (χ4n) is 1.85. The lowest BCUT2D eigenvalue weighted by Gasteiger charge is -2.29. The van der Waals surface area contributed by atoms with Gasteiger partial charge in [-0.2, -0.15) is 12.7 Å². The normalized spacial score (nSPS) is 19.1. The molecule has 118 valence electrons. The van der Waals surface area contributed by atoms with Gasteiger partial charge in [0.05, 0.1) is 13.2 Å². The van der Waals surface area contributed by atoms with Gasteiger partial charge in [0.25, 0.3) is 10.2 Å². The van der Waals surface area contributed by atoms with Crippen LogP contribution in [0.15, 0.2) is 0 Å². The summed E-state index contributed by atoms with van der Waals surface area (Å²) in [5.74, 6) is -1.16. The number of nitrogens with two attached hydrogens (primary N) is 2. The van der Waals surface area contributed by atoms with Crippen LogP contribution in [0, 0.1) is 0 Å². The zero-order valence-corrected chi connectivity index (χ0v) is 12.1. The Morgan fingerprint density at radius 2 is 1.95 bits per heavy atom. The van der Waals surface area contributed by atoms with Crippen molar-refractivity contribution in [1.29, 1.82) is 0 Å². The Balaban J connectivity index is 2.45. The summed E-state index contributed by atoms with van der Waals surface area (Å²) in [6.07, 6.45) is 0.0227. The van der Waals surface area contributed by atoms with E-state index in [1.807, 2.05) is 0 Å². The molecule has 1 atom stereocenters. The van der Waals surface area contributed by atoms with E-state index in [1.165, 1.54) is 0 Å². The minimum absolute atomic E-state index is 0.00333. The summed E-state index contributed by atoms with van der Waals surface area (Å²) >= 11 is 0. The molecule has 9 nitrogen and oxygen atoms in total. The lowest BCUT2D eigenvalue weighted by molar-refractivity contribution is -0.138. The van der Waals surface area contributed by atoms with Crippen molar-refractivity contribution in [1.82, 2.24) is 9.21 Å². The van der Waals surface area contributed by atoms with Crippen LogP contribution in [0.3, 0.4) is 0 Å². The maximum atomic E-state index is 11.5. The second-order valence-electron chi connectivity index (χ2n) is 4.63. The fraction of sp³-hybridized carbons (Fsp3) is 0.900. The summed E-state index contributed by atoms with van der Waals surface area (Å²) in [6, 6.07) is -1.09. The predicted molar refractivity (Wildman–Crippen MR) is 72.2 cm³/mol. The van der Waals surface area contributed by atoms with Crippen molar-refractivity contribution in [2.45, 2.75) is 12.5 Å². The smallest absolute Gasteiger partial charge is 0.320 e. The fourth-order valence-corrected chi connectivity index (χ4v) is 2.55. The third kappa shape index (κ3) is 6.11. The van der Waals surface area contributed by atoms with Crippen molar-refractivity contribution in [3.63, 3.8) is 0 Å². The molecule has 0 aliphatic carbocycles. The first-order valence-corrected chi connectivity index (χ1v) is 7.87. The molecule has 1 rings (SSSR count). The summed E-state index contributed by atoms with van der Waals surface area (Å²) in [6.45, 7) is 3.47. The molecule has 1 saturated heterocycles. The van der Waals surface area contributed by atoms with Crippen LogP contribution < -0.4 is 10.9 Å². The van der Waals surface area contributed by atoms with Crippen LogP contribution in [-0.4, -0.2) is 80.7 Å². The van der Waals surface area contributed by atoms with E-state index in [0.717, 1.165) is 17.4 Å². The van der Waals surface area contributed by atoms with Gasteiger partial charge < -0.3 is 15.6 Å². The highest BCUT2D eigenvalue weighted by Crippen LogP contribution is 2.02. The summed E-state index contributed by atoms with van der Waals surface area (Å²) in [5.41, 5.74) is 5.36. The Morgan fingerprint density at radius 3 is 2.45 bits per heavy atom. The van der Waals surface area contributed by atoms with Gasteiger partial charge in [0.2, 0.25) is 0 Å². The van der Waals surface area contributed by atoms with E-state index in [0.29, 0.717) is 19.8 Å². The Kier molecular flexibility index (Phi) is 6.79. The second kappa shape index (κ2) is 7.86. The van der Waals surface area contributed by atoms with Gasteiger partial charge in [0.15, 0.2) is 0 Å².